The molecule has 0 bridgehead atoms. The van der Waals surface area contributed by atoms with Gasteiger partial charge < -0.3 is 5.32 Å². The average molecular weight is 200 g/mol. The molecule has 0 aromatic heterocycles. The molecule has 1 nitrogen and oxygen atoms in total. The van der Waals surface area contributed by atoms with Crippen LogP contribution >= 0.6 is 11.6 Å². The molecule has 74 valence electrons. The van der Waals surface area contributed by atoms with E-state index in [0.717, 1.165) is 13.1 Å². The van der Waals surface area contributed by atoms with Crippen LogP contribution in [0.2, 0.25) is 0 Å². The predicted octanol–water partition coefficient (Wildman–Crippen LogP) is 3.22. The van der Waals surface area contributed by atoms with E-state index in [2.05, 4.69) is 18.0 Å². The van der Waals surface area contributed by atoms with Gasteiger partial charge >= 0.3 is 0 Å². The highest BCUT2D eigenvalue weighted by molar-refractivity contribution is 6.29. The summed E-state index contributed by atoms with van der Waals surface area (Å²) < 4.78 is 0. The van der Waals surface area contributed by atoms with E-state index in [-0.39, 0.29) is 0 Å². The first kappa shape index (κ1) is 10.8. The highest BCUT2D eigenvalue weighted by Gasteiger charge is 2.02. The lowest BCUT2D eigenvalue weighted by Crippen LogP contribution is -2.17. The van der Waals surface area contributed by atoms with Crippen molar-refractivity contribution in [3.8, 4) is 0 Å². The molecular formula is C11H18ClN. The van der Waals surface area contributed by atoms with E-state index in [1.54, 1.807) is 5.57 Å². The third kappa shape index (κ3) is 5.12. The Hall–Kier alpha value is -0.270. The Kier molecular flexibility index (Phi) is 5.18. The minimum absolute atomic E-state index is 0.692. The van der Waals surface area contributed by atoms with Gasteiger partial charge in [0.05, 0.1) is 0 Å². The molecule has 2 heteroatoms. The minimum Gasteiger partial charge on any atom is -0.311 e. The number of allylic oxidation sites excluding steroid dienone is 1. The molecule has 0 atom stereocenters. The molecule has 0 saturated carbocycles. The Morgan fingerprint density at radius 3 is 3.00 bits per heavy atom. The van der Waals surface area contributed by atoms with Gasteiger partial charge in [0.2, 0.25) is 0 Å². The quantitative estimate of drug-likeness (QED) is 0.530. The lowest BCUT2D eigenvalue weighted by molar-refractivity contribution is 0.650. The molecule has 0 radical (unpaired) electrons. The zero-order valence-corrected chi connectivity index (χ0v) is 8.87. The van der Waals surface area contributed by atoms with Gasteiger partial charge in [-0.15, -0.1) is 0 Å². The summed E-state index contributed by atoms with van der Waals surface area (Å²) in [6.07, 6.45) is 8.87. The maximum Gasteiger partial charge on any atom is 0.0307 e. The normalized spacial score (nSPS) is 16.8. The Morgan fingerprint density at radius 2 is 2.38 bits per heavy atom. The van der Waals surface area contributed by atoms with Crippen LogP contribution in [-0.2, 0) is 0 Å². The van der Waals surface area contributed by atoms with Gasteiger partial charge in [0.15, 0.2) is 0 Å². The van der Waals surface area contributed by atoms with Crippen molar-refractivity contribution >= 4 is 11.6 Å². The van der Waals surface area contributed by atoms with Crippen molar-refractivity contribution in [3.63, 3.8) is 0 Å². The molecule has 1 N–H and O–H groups in total. The van der Waals surface area contributed by atoms with Crippen LogP contribution in [-0.4, -0.2) is 13.1 Å². The summed E-state index contributed by atoms with van der Waals surface area (Å²) in [6, 6.07) is 0. The fourth-order valence-corrected chi connectivity index (χ4v) is 1.70. The van der Waals surface area contributed by atoms with Crippen LogP contribution in [0.4, 0.5) is 0 Å². The summed E-state index contributed by atoms with van der Waals surface area (Å²) in [7, 11) is 0. The molecule has 0 aromatic rings. The summed E-state index contributed by atoms with van der Waals surface area (Å²) in [5.74, 6) is 0. The standard InChI is InChI=1S/C11H18ClN/c1-10(12)9-13-8-7-11-5-3-2-4-6-11/h5,13H,1-4,6-9H2. The molecular weight excluding hydrogens is 182 g/mol. The second-order valence-corrected chi connectivity index (χ2v) is 4.09. The van der Waals surface area contributed by atoms with Crippen LogP contribution in [0.25, 0.3) is 0 Å². The Balaban J connectivity index is 2.04. The van der Waals surface area contributed by atoms with Gasteiger partial charge in [-0.05, 0) is 38.6 Å². The van der Waals surface area contributed by atoms with Gasteiger partial charge in [-0.1, -0.05) is 29.8 Å². The monoisotopic (exact) mass is 199 g/mol. The summed E-state index contributed by atoms with van der Waals surface area (Å²) >= 11 is 5.63. The Labute approximate surface area is 85.9 Å². The number of nitrogens with one attached hydrogen (secondary N) is 1. The fourth-order valence-electron chi connectivity index (χ4n) is 1.60. The van der Waals surface area contributed by atoms with Crippen LogP contribution in [0.5, 0.6) is 0 Å². The number of rotatable bonds is 5. The zero-order chi connectivity index (χ0) is 9.52. The van der Waals surface area contributed by atoms with Crippen LogP contribution in [0.3, 0.4) is 0 Å². The highest BCUT2D eigenvalue weighted by atomic mass is 35.5. The predicted molar refractivity (Wildman–Crippen MR) is 59.0 cm³/mol. The maximum atomic E-state index is 5.63. The van der Waals surface area contributed by atoms with Crippen molar-refractivity contribution in [3.05, 3.63) is 23.3 Å². The van der Waals surface area contributed by atoms with E-state index in [0.29, 0.717) is 5.03 Å². The van der Waals surface area contributed by atoms with Crippen molar-refractivity contribution in [2.45, 2.75) is 32.1 Å². The number of hydrogen-bond donors (Lipinski definition) is 1. The molecule has 13 heavy (non-hydrogen) atoms. The van der Waals surface area contributed by atoms with E-state index in [9.17, 15) is 0 Å². The van der Waals surface area contributed by atoms with Crippen LogP contribution in [0, 0.1) is 0 Å². The third-order valence-corrected chi connectivity index (χ3v) is 2.46. The summed E-state index contributed by atoms with van der Waals surface area (Å²) in [6.45, 7) is 5.38. The molecule has 0 aromatic carbocycles. The molecule has 0 amide bonds. The topological polar surface area (TPSA) is 12.0 Å². The molecule has 1 aliphatic carbocycles. The van der Waals surface area contributed by atoms with Crippen molar-refractivity contribution in [2.75, 3.05) is 13.1 Å². The average Bonchev–Trinajstić information content (AvgIpc) is 2.14. The molecule has 0 unspecified atom stereocenters. The number of halogens is 1. The van der Waals surface area contributed by atoms with Gasteiger partial charge in [-0.25, -0.2) is 0 Å². The SMILES string of the molecule is C=C(Cl)CNCCC1=CCCCC1. The molecule has 0 spiro atoms. The van der Waals surface area contributed by atoms with Crippen molar-refractivity contribution in [1.29, 1.82) is 0 Å². The first-order valence-electron chi connectivity index (χ1n) is 5.01. The molecule has 1 rings (SSSR count). The maximum absolute atomic E-state index is 5.63. The summed E-state index contributed by atoms with van der Waals surface area (Å²) in [5.41, 5.74) is 1.61. The van der Waals surface area contributed by atoms with Crippen LogP contribution in [0.1, 0.15) is 32.1 Å². The second-order valence-electron chi connectivity index (χ2n) is 3.55. The summed E-state index contributed by atoms with van der Waals surface area (Å²) in [5, 5.41) is 3.95. The molecule has 0 fully saturated rings. The van der Waals surface area contributed by atoms with Crippen molar-refractivity contribution in [2.24, 2.45) is 0 Å². The van der Waals surface area contributed by atoms with Gasteiger partial charge in [-0.2, -0.15) is 0 Å². The molecule has 0 saturated heterocycles. The van der Waals surface area contributed by atoms with Gasteiger partial charge in [0, 0.05) is 11.6 Å². The van der Waals surface area contributed by atoms with Crippen molar-refractivity contribution in [1.82, 2.24) is 5.32 Å². The summed E-state index contributed by atoms with van der Waals surface area (Å²) in [4.78, 5) is 0. The highest BCUT2D eigenvalue weighted by Crippen LogP contribution is 2.19. The molecule has 0 heterocycles. The van der Waals surface area contributed by atoms with Crippen molar-refractivity contribution < 1.29 is 0 Å². The minimum atomic E-state index is 0.692. The van der Waals surface area contributed by atoms with E-state index in [1.807, 2.05) is 0 Å². The van der Waals surface area contributed by atoms with E-state index in [4.69, 9.17) is 11.6 Å². The Bertz CT molecular complexity index is 196. The third-order valence-electron chi connectivity index (χ3n) is 2.32. The van der Waals surface area contributed by atoms with Gasteiger partial charge in [0.25, 0.3) is 0 Å². The first-order valence-corrected chi connectivity index (χ1v) is 5.39. The molecule has 0 aliphatic heterocycles. The number of hydrogen-bond acceptors (Lipinski definition) is 1. The smallest absolute Gasteiger partial charge is 0.0307 e. The lowest BCUT2D eigenvalue weighted by atomic mass is 9.97. The fraction of sp³-hybridized carbons (Fsp3) is 0.636. The van der Waals surface area contributed by atoms with E-state index in [1.165, 1.54) is 32.1 Å². The van der Waals surface area contributed by atoms with E-state index >= 15 is 0 Å². The van der Waals surface area contributed by atoms with Crippen LogP contribution < -0.4 is 5.32 Å². The Morgan fingerprint density at radius 1 is 1.54 bits per heavy atom. The largest absolute Gasteiger partial charge is 0.311 e. The lowest BCUT2D eigenvalue weighted by Gasteiger charge is -2.12. The zero-order valence-electron chi connectivity index (χ0n) is 8.11. The second kappa shape index (κ2) is 6.22. The molecule has 1 aliphatic rings. The van der Waals surface area contributed by atoms with Crippen LogP contribution in [0.15, 0.2) is 23.3 Å². The first-order chi connectivity index (χ1) is 6.29. The van der Waals surface area contributed by atoms with Gasteiger partial charge in [-0.3, -0.25) is 0 Å². The van der Waals surface area contributed by atoms with E-state index < -0.39 is 0 Å². The van der Waals surface area contributed by atoms with Gasteiger partial charge in [0.1, 0.15) is 0 Å².